The molecule has 0 spiro atoms. The van der Waals surface area contributed by atoms with Crippen molar-refractivity contribution in [1.82, 2.24) is 10.2 Å². The van der Waals surface area contributed by atoms with Crippen molar-refractivity contribution < 1.29 is 13.9 Å². The molecule has 1 saturated heterocycles. The Morgan fingerprint density at radius 2 is 2.20 bits per heavy atom. The van der Waals surface area contributed by atoms with E-state index in [-0.39, 0.29) is 11.6 Å². The van der Waals surface area contributed by atoms with Crippen LogP contribution in [-0.2, 0) is 4.74 Å². The van der Waals surface area contributed by atoms with Gasteiger partial charge in [-0.1, -0.05) is 6.07 Å². The molecule has 1 aliphatic rings. The maximum absolute atomic E-state index is 13.7. The van der Waals surface area contributed by atoms with Crippen LogP contribution in [0.5, 0.6) is 0 Å². The summed E-state index contributed by atoms with van der Waals surface area (Å²) in [6.07, 6.45) is 0. The third-order valence-corrected chi connectivity index (χ3v) is 3.86. The molecular formula is C14H18BrFN2O2. The molecule has 0 aliphatic carbocycles. The number of carbonyl (C=O) groups excluding carboxylic acids is 1. The second-order valence-electron chi connectivity index (χ2n) is 4.88. The fourth-order valence-corrected chi connectivity index (χ4v) is 2.75. The van der Waals surface area contributed by atoms with Crippen LogP contribution >= 0.6 is 15.9 Å². The van der Waals surface area contributed by atoms with Crippen molar-refractivity contribution >= 4 is 21.8 Å². The molecule has 1 heterocycles. The normalized spacial score (nSPS) is 17.8. The van der Waals surface area contributed by atoms with Gasteiger partial charge in [0.2, 0.25) is 0 Å². The van der Waals surface area contributed by atoms with Crippen molar-refractivity contribution in [1.29, 1.82) is 0 Å². The van der Waals surface area contributed by atoms with Gasteiger partial charge in [-0.3, -0.25) is 9.69 Å². The number of morpholine rings is 1. The molecular weight excluding hydrogens is 327 g/mol. The largest absolute Gasteiger partial charge is 0.379 e. The number of nitrogens with zero attached hydrogens (tertiary/aromatic N) is 1. The topological polar surface area (TPSA) is 41.6 Å². The number of halogens is 2. The first kappa shape index (κ1) is 15.4. The highest BCUT2D eigenvalue weighted by molar-refractivity contribution is 9.10. The molecule has 1 fully saturated rings. The third kappa shape index (κ3) is 4.01. The van der Waals surface area contributed by atoms with Gasteiger partial charge in [0.15, 0.2) is 0 Å². The van der Waals surface area contributed by atoms with Crippen molar-refractivity contribution in [2.45, 2.75) is 13.0 Å². The van der Waals surface area contributed by atoms with Crippen LogP contribution in [0.4, 0.5) is 4.39 Å². The maximum Gasteiger partial charge on any atom is 0.255 e. The summed E-state index contributed by atoms with van der Waals surface area (Å²) in [7, 11) is 0. The van der Waals surface area contributed by atoms with Crippen molar-refractivity contribution in [3.05, 3.63) is 34.1 Å². The molecule has 110 valence electrons. The molecule has 0 saturated carbocycles. The van der Waals surface area contributed by atoms with Crippen molar-refractivity contribution in [2.24, 2.45) is 0 Å². The highest BCUT2D eigenvalue weighted by Gasteiger charge is 2.19. The molecule has 1 amide bonds. The van der Waals surface area contributed by atoms with E-state index in [1.165, 1.54) is 6.07 Å². The predicted octanol–water partition coefficient (Wildman–Crippen LogP) is 2.04. The molecule has 20 heavy (non-hydrogen) atoms. The van der Waals surface area contributed by atoms with Crippen LogP contribution in [0.2, 0.25) is 0 Å². The summed E-state index contributed by atoms with van der Waals surface area (Å²) < 4.78 is 19.4. The van der Waals surface area contributed by atoms with E-state index in [1.807, 2.05) is 6.92 Å². The summed E-state index contributed by atoms with van der Waals surface area (Å²) in [5, 5.41) is 2.83. The summed E-state index contributed by atoms with van der Waals surface area (Å²) in [5.74, 6) is -0.911. The number of ether oxygens (including phenoxy) is 1. The van der Waals surface area contributed by atoms with Crippen molar-refractivity contribution in [3.63, 3.8) is 0 Å². The lowest BCUT2D eigenvalue weighted by Gasteiger charge is -2.29. The van der Waals surface area contributed by atoms with Gasteiger partial charge >= 0.3 is 0 Å². The Kier molecular flexibility index (Phi) is 5.51. The SMILES string of the molecule is CC(CN1CCOCC1)NC(=O)c1c(F)cccc1Br. The highest BCUT2D eigenvalue weighted by atomic mass is 79.9. The summed E-state index contributed by atoms with van der Waals surface area (Å²) in [6, 6.07) is 4.46. The zero-order chi connectivity index (χ0) is 14.5. The Balaban J connectivity index is 1.93. The zero-order valence-corrected chi connectivity index (χ0v) is 13.0. The quantitative estimate of drug-likeness (QED) is 0.908. The number of nitrogens with one attached hydrogen (secondary N) is 1. The summed E-state index contributed by atoms with van der Waals surface area (Å²) >= 11 is 3.21. The van der Waals surface area contributed by atoms with E-state index in [1.54, 1.807) is 12.1 Å². The number of hydrogen-bond donors (Lipinski definition) is 1. The fraction of sp³-hybridized carbons (Fsp3) is 0.500. The second-order valence-corrected chi connectivity index (χ2v) is 5.74. The predicted molar refractivity (Wildman–Crippen MR) is 78.3 cm³/mol. The standard InChI is InChI=1S/C14H18BrFN2O2/c1-10(9-18-5-7-20-8-6-18)17-14(19)13-11(15)3-2-4-12(13)16/h2-4,10H,5-9H2,1H3,(H,17,19). The molecule has 1 atom stereocenters. The Labute approximate surface area is 126 Å². The lowest BCUT2D eigenvalue weighted by molar-refractivity contribution is 0.0342. The van der Waals surface area contributed by atoms with Crippen LogP contribution in [0, 0.1) is 5.82 Å². The van der Waals surface area contributed by atoms with E-state index < -0.39 is 11.7 Å². The van der Waals surface area contributed by atoms with Gasteiger partial charge in [-0.15, -0.1) is 0 Å². The van der Waals surface area contributed by atoms with E-state index in [2.05, 4.69) is 26.1 Å². The number of rotatable bonds is 4. The molecule has 1 N–H and O–H groups in total. The number of benzene rings is 1. The second kappa shape index (κ2) is 7.15. The number of carbonyl (C=O) groups is 1. The number of amides is 1. The monoisotopic (exact) mass is 344 g/mol. The van der Waals surface area contributed by atoms with Gasteiger partial charge in [0, 0.05) is 30.1 Å². The Hall–Kier alpha value is -0.980. The van der Waals surface area contributed by atoms with Crippen LogP contribution in [0.25, 0.3) is 0 Å². The summed E-state index contributed by atoms with van der Waals surface area (Å²) in [6.45, 7) is 5.83. The zero-order valence-electron chi connectivity index (χ0n) is 11.4. The van der Waals surface area contributed by atoms with E-state index in [9.17, 15) is 9.18 Å². The van der Waals surface area contributed by atoms with Gasteiger partial charge < -0.3 is 10.1 Å². The van der Waals surface area contributed by atoms with E-state index in [0.29, 0.717) is 4.47 Å². The van der Waals surface area contributed by atoms with Crippen LogP contribution < -0.4 is 5.32 Å². The molecule has 1 unspecified atom stereocenters. The molecule has 1 aromatic rings. The Bertz CT molecular complexity index is 458. The van der Waals surface area contributed by atoms with Gasteiger partial charge in [-0.2, -0.15) is 0 Å². The highest BCUT2D eigenvalue weighted by Crippen LogP contribution is 2.19. The molecule has 2 rings (SSSR count). The average molecular weight is 345 g/mol. The third-order valence-electron chi connectivity index (χ3n) is 3.20. The molecule has 0 aromatic heterocycles. The van der Waals surface area contributed by atoms with E-state index in [4.69, 9.17) is 4.74 Å². The Morgan fingerprint density at radius 1 is 1.50 bits per heavy atom. The first-order chi connectivity index (χ1) is 9.58. The lowest BCUT2D eigenvalue weighted by atomic mass is 10.2. The van der Waals surface area contributed by atoms with Crippen LogP contribution in [0.3, 0.4) is 0 Å². The molecule has 6 heteroatoms. The smallest absolute Gasteiger partial charge is 0.255 e. The van der Waals surface area contributed by atoms with E-state index in [0.717, 1.165) is 32.8 Å². The Morgan fingerprint density at radius 3 is 2.85 bits per heavy atom. The minimum atomic E-state index is -0.518. The van der Waals surface area contributed by atoms with Gasteiger partial charge in [0.05, 0.1) is 18.8 Å². The number of hydrogen-bond acceptors (Lipinski definition) is 3. The average Bonchev–Trinajstić information content (AvgIpc) is 2.39. The van der Waals surface area contributed by atoms with Crippen molar-refractivity contribution in [3.8, 4) is 0 Å². The maximum atomic E-state index is 13.7. The minimum Gasteiger partial charge on any atom is -0.379 e. The van der Waals surface area contributed by atoms with E-state index >= 15 is 0 Å². The van der Waals surface area contributed by atoms with Crippen LogP contribution in [0.1, 0.15) is 17.3 Å². The molecule has 0 bridgehead atoms. The lowest BCUT2D eigenvalue weighted by Crippen LogP contribution is -2.46. The molecule has 4 nitrogen and oxygen atoms in total. The van der Waals surface area contributed by atoms with Gasteiger partial charge in [-0.25, -0.2) is 4.39 Å². The molecule has 0 radical (unpaired) electrons. The van der Waals surface area contributed by atoms with Crippen LogP contribution in [-0.4, -0.2) is 49.7 Å². The summed E-state index contributed by atoms with van der Waals surface area (Å²) in [5.41, 5.74) is 0.0568. The molecule has 1 aliphatic heterocycles. The first-order valence-corrected chi connectivity index (χ1v) is 7.42. The van der Waals surface area contributed by atoms with Crippen molar-refractivity contribution in [2.75, 3.05) is 32.8 Å². The minimum absolute atomic E-state index is 0.0490. The first-order valence-electron chi connectivity index (χ1n) is 6.63. The van der Waals surface area contributed by atoms with Gasteiger partial charge in [-0.05, 0) is 35.0 Å². The van der Waals surface area contributed by atoms with Crippen LogP contribution in [0.15, 0.2) is 22.7 Å². The van der Waals surface area contributed by atoms with Gasteiger partial charge in [0.25, 0.3) is 5.91 Å². The summed E-state index contributed by atoms with van der Waals surface area (Å²) in [4.78, 5) is 14.3. The fourth-order valence-electron chi connectivity index (χ4n) is 2.23. The van der Waals surface area contributed by atoms with Gasteiger partial charge in [0.1, 0.15) is 5.82 Å². The molecule has 1 aromatic carbocycles.